The Bertz CT molecular complexity index is 1620. The first-order valence-corrected chi connectivity index (χ1v) is 17.5. The van der Waals surface area contributed by atoms with Crippen molar-refractivity contribution in [3.63, 3.8) is 0 Å². The number of benzene rings is 2. The number of alkyl halides is 2. The maximum Gasteiger partial charge on any atom is 0.323 e. The summed E-state index contributed by atoms with van der Waals surface area (Å²) in [5, 5.41) is 5.81. The molecule has 4 bridgehead atoms. The molecule has 5 saturated heterocycles. The van der Waals surface area contributed by atoms with E-state index in [1.807, 2.05) is 34.1 Å². The molecule has 9 rings (SSSR count). The minimum absolute atomic E-state index is 0.184. The van der Waals surface area contributed by atoms with Gasteiger partial charge in [0, 0.05) is 67.7 Å². The Morgan fingerprint density at radius 3 is 1.71 bits per heavy atom. The van der Waals surface area contributed by atoms with Gasteiger partial charge in [0.25, 0.3) is 0 Å². The Kier molecular flexibility index (Phi) is 7.96. The van der Waals surface area contributed by atoms with Gasteiger partial charge in [-0.2, -0.15) is 15.0 Å². The summed E-state index contributed by atoms with van der Waals surface area (Å²) in [7, 11) is 0. The zero-order valence-corrected chi connectivity index (χ0v) is 27.3. The number of halogens is 2. The molecule has 6 aliphatic rings. The first-order chi connectivity index (χ1) is 24.0. The molecular formula is C35H41F2N9O3. The minimum atomic E-state index is -1.05. The minimum Gasteiger partial charge on any atom is -0.377 e. The van der Waals surface area contributed by atoms with Crippen LogP contribution in [0.3, 0.4) is 0 Å². The van der Waals surface area contributed by atoms with Crippen LogP contribution in [0.2, 0.25) is 0 Å². The molecule has 1 aliphatic carbocycles. The fraction of sp³-hybridized carbons (Fsp3) is 0.543. The molecule has 49 heavy (non-hydrogen) atoms. The quantitative estimate of drug-likeness (QED) is 0.381. The summed E-state index contributed by atoms with van der Waals surface area (Å²) in [5.74, 6) is 1.13. The Morgan fingerprint density at radius 1 is 0.673 bits per heavy atom. The number of aromatic nitrogens is 3. The summed E-state index contributed by atoms with van der Waals surface area (Å²) in [6.07, 6.45) is 1.28. The second-order valence-electron chi connectivity index (χ2n) is 14.1. The van der Waals surface area contributed by atoms with Gasteiger partial charge in [-0.25, -0.2) is 13.6 Å². The Balaban J connectivity index is 0.900. The van der Waals surface area contributed by atoms with E-state index in [-0.39, 0.29) is 31.3 Å². The zero-order chi connectivity index (χ0) is 33.1. The van der Waals surface area contributed by atoms with Crippen LogP contribution >= 0.6 is 0 Å². The van der Waals surface area contributed by atoms with Crippen molar-refractivity contribution in [3.8, 4) is 11.4 Å². The van der Waals surface area contributed by atoms with Crippen LogP contribution in [-0.2, 0) is 9.47 Å². The highest BCUT2D eigenvalue weighted by Crippen LogP contribution is 2.39. The topological polar surface area (TPSA) is 111 Å². The highest BCUT2D eigenvalue weighted by molar-refractivity contribution is 6.00. The summed E-state index contributed by atoms with van der Waals surface area (Å²) in [5.41, 5.74) is 3.16. The highest BCUT2D eigenvalue weighted by atomic mass is 19.1. The van der Waals surface area contributed by atoms with Gasteiger partial charge in [-0.1, -0.05) is 0 Å². The molecule has 2 aromatic carbocycles. The van der Waals surface area contributed by atoms with Crippen LogP contribution in [-0.4, -0.2) is 121 Å². The molecule has 6 heterocycles. The Morgan fingerprint density at radius 2 is 1.20 bits per heavy atom. The summed E-state index contributed by atoms with van der Waals surface area (Å²) in [4.78, 5) is 36.2. The van der Waals surface area contributed by atoms with Crippen LogP contribution in [0.1, 0.15) is 25.7 Å². The first-order valence-electron chi connectivity index (χ1n) is 17.5. The number of ether oxygens (including phenoxy) is 2. The number of nitrogens with one attached hydrogen (secondary N) is 2. The van der Waals surface area contributed by atoms with Gasteiger partial charge in [-0.15, -0.1) is 0 Å². The molecule has 3 aromatic rings. The van der Waals surface area contributed by atoms with Crippen LogP contribution in [0.4, 0.5) is 42.5 Å². The molecule has 6 fully saturated rings. The maximum absolute atomic E-state index is 15.0. The molecule has 2 amide bonds. The van der Waals surface area contributed by atoms with Crippen molar-refractivity contribution in [1.29, 1.82) is 0 Å². The highest BCUT2D eigenvalue weighted by Gasteiger charge is 2.49. The average Bonchev–Trinajstić information content (AvgIpc) is 3.92. The smallest absolute Gasteiger partial charge is 0.323 e. The molecule has 258 valence electrons. The van der Waals surface area contributed by atoms with E-state index in [0.29, 0.717) is 60.7 Å². The summed E-state index contributed by atoms with van der Waals surface area (Å²) >= 11 is 0. The second-order valence-corrected chi connectivity index (χ2v) is 14.1. The standard InChI is InChI=1S/C35H41F2N9O3/c36-28-15-26-17-48-19-30(28)45(26)33-40-32(41-34(42-33)46-27-16-29(37)31(46)20-49-18-27)21-1-3-22(4-2-21)38-35(47)39-23-5-7-24(8-6-23)43-11-13-44(14-12-43)25-9-10-25/h1-8,25-31H,9-20H2,(H2,38,39,47)/t26-,27-,28+,29+,30-,31-/m0/s1. The van der Waals surface area contributed by atoms with E-state index < -0.39 is 24.4 Å². The van der Waals surface area contributed by atoms with Crippen molar-refractivity contribution in [2.75, 3.05) is 77.9 Å². The number of carbonyl (C=O) groups is 1. The van der Waals surface area contributed by atoms with E-state index >= 15 is 0 Å². The van der Waals surface area contributed by atoms with Crippen molar-refractivity contribution in [3.05, 3.63) is 48.5 Å². The van der Waals surface area contributed by atoms with Crippen LogP contribution < -0.4 is 25.3 Å². The molecule has 6 atom stereocenters. The van der Waals surface area contributed by atoms with Crippen LogP contribution in [0, 0.1) is 0 Å². The molecule has 1 aromatic heterocycles. The van der Waals surface area contributed by atoms with Crippen molar-refractivity contribution in [2.45, 2.75) is 68.2 Å². The lowest BCUT2D eigenvalue weighted by atomic mass is 10.2. The van der Waals surface area contributed by atoms with Gasteiger partial charge >= 0.3 is 6.03 Å². The normalized spacial score (nSPS) is 29.7. The monoisotopic (exact) mass is 673 g/mol. The molecule has 0 spiro atoms. The Labute approximate surface area is 283 Å². The third kappa shape index (κ3) is 6.03. The number of anilines is 5. The number of amides is 2. The SMILES string of the molecule is O=C(Nc1ccc(-c2nc(N3[C@@H]4COC[C@H]3[C@H](F)C4)nc(N3[C@@H]4COC[C@H]3[C@H](F)C4)n2)cc1)Nc1ccc(N2CCN(C3CC3)CC2)cc1. The van der Waals surface area contributed by atoms with E-state index in [0.717, 1.165) is 32.2 Å². The largest absolute Gasteiger partial charge is 0.377 e. The molecule has 0 unspecified atom stereocenters. The van der Waals surface area contributed by atoms with Gasteiger partial charge in [-0.3, -0.25) is 4.90 Å². The maximum atomic E-state index is 15.0. The molecule has 5 aliphatic heterocycles. The van der Waals surface area contributed by atoms with Crippen LogP contribution in [0.25, 0.3) is 11.4 Å². The first kappa shape index (κ1) is 30.9. The number of morpholine rings is 2. The van der Waals surface area contributed by atoms with Gasteiger partial charge in [0.2, 0.25) is 11.9 Å². The van der Waals surface area contributed by atoms with Crippen molar-refractivity contribution >= 4 is 35.0 Å². The fourth-order valence-electron chi connectivity index (χ4n) is 8.14. The third-order valence-electron chi connectivity index (χ3n) is 10.9. The van der Waals surface area contributed by atoms with E-state index in [1.54, 1.807) is 12.1 Å². The lowest BCUT2D eigenvalue weighted by Gasteiger charge is -2.37. The van der Waals surface area contributed by atoms with Gasteiger partial charge in [-0.05, 0) is 61.4 Å². The van der Waals surface area contributed by atoms with Crippen LogP contribution in [0.15, 0.2) is 48.5 Å². The third-order valence-corrected chi connectivity index (χ3v) is 10.9. The number of fused-ring (bicyclic) bond motifs is 4. The fourth-order valence-corrected chi connectivity index (χ4v) is 8.14. The summed E-state index contributed by atoms with van der Waals surface area (Å²) in [6, 6.07) is 14.3. The number of hydrogen-bond donors (Lipinski definition) is 2. The average molecular weight is 674 g/mol. The number of rotatable bonds is 7. The lowest BCUT2D eigenvalue weighted by molar-refractivity contribution is 0.0810. The molecular weight excluding hydrogens is 632 g/mol. The van der Waals surface area contributed by atoms with E-state index in [1.165, 1.54) is 18.5 Å². The number of hydrogen-bond acceptors (Lipinski definition) is 10. The molecule has 14 heteroatoms. The lowest BCUT2D eigenvalue weighted by Crippen LogP contribution is -2.50. The number of piperazine rings is 1. The summed E-state index contributed by atoms with van der Waals surface area (Å²) < 4.78 is 41.3. The zero-order valence-electron chi connectivity index (χ0n) is 27.3. The van der Waals surface area contributed by atoms with Crippen molar-refractivity contribution in [1.82, 2.24) is 19.9 Å². The van der Waals surface area contributed by atoms with Gasteiger partial charge in [0.15, 0.2) is 5.82 Å². The van der Waals surface area contributed by atoms with E-state index in [9.17, 15) is 13.6 Å². The van der Waals surface area contributed by atoms with Gasteiger partial charge in [0.05, 0.1) is 50.6 Å². The Hall–Kier alpha value is -4.14. The molecule has 2 N–H and O–H groups in total. The predicted molar refractivity (Wildman–Crippen MR) is 182 cm³/mol. The molecule has 12 nitrogen and oxygen atoms in total. The predicted octanol–water partition coefficient (Wildman–Crippen LogP) is 4.10. The number of carbonyl (C=O) groups excluding carboxylic acids is 1. The van der Waals surface area contributed by atoms with Gasteiger partial charge in [0.1, 0.15) is 12.3 Å². The number of urea groups is 1. The summed E-state index contributed by atoms with van der Waals surface area (Å²) in [6.45, 7) is 5.55. The van der Waals surface area contributed by atoms with Crippen molar-refractivity contribution in [2.24, 2.45) is 0 Å². The number of nitrogens with zero attached hydrogens (tertiary/aromatic N) is 7. The second kappa shape index (κ2) is 12.6. The molecule has 0 radical (unpaired) electrons. The van der Waals surface area contributed by atoms with Crippen LogP contribution in [0.5, 0.6) is 0 Å². The van der Waals surface area contributed by atoms with E-state index in [4.69, 9.17) is 24.4 Å². The van der Waals surface area contributed by atoms with Crippen molar-refractivity contribution < 1.29 is 23.0 Å². The van der Waals surface area contributed by atoms with E-state index in [2.05, 4.69) is 32.6 Å². The van der Waals surface area contributed by atoms with Gasteiger partial charge < -0.3 is 34.8 Å². The molecule has 1 saturated carbocycles.